The topological polar surface area (TPSA) is 57.9 Å². The normalized spacial score (nSPS) is 20.1. The fraction of sp³-hybridized carbons (Fsp3) is 0.500. The largest absolute Gasteiger partial charge is 0.379 e. The molecule has 0 amide bonds. The van der Waals surface area contributed by atoms with Crippen LogP contribution in [0, 0.1) is 18.3 Å². The van der Waals surface area contributed by atoms with Gasteiger partial charge < -0.3 is 10.1 Å². The van der Waals surface area contributed by atoms with Crippen LogP contribution < -0.4 is 5.32 Å². The third-order valence-corrected chi connectivity index (χ3v) is 2.59. The van der Waals surface area contributed by atoms with E-state index in [1.165, 1.54) is 0 Å². The number of nitriles is 1. The van der Waals surface area contributed by atoms with E-state index in [0.29, 0.717) is 11.6 Å². The van der Waals surface area contributed by atoms with E-state index in [0.717, 1.165) is 37.6 Å². The average molecular weight is 217 g/mol. The molecule has 0 aliphatic carbocycles. The minimum absolute atomic E-state index is 0.314. The lowest BCUT2D eigenvalue weighted by Gasteiger charge is -2.23. The van der Waals surface area contributed by atoms with Gasteiger partial charge in [-0.1, -0.05) is 0 Å². The highest BCUT2D eigenvalue weighted by molar-refractivity contribution is 5.45. The van der Waals surface area contributed by atoms with Gasteiger partial charge in [0.05, 0.1) is 24.3 Å². The second-order valence-corrected chi connectivity index (χ2v) is 4.05. The summed E-state index contributed by atoms with van der Waals surface area (Å²) in [6.07, 6.45) is 2.17. The molecule has 1 atom stereocenters. The van der Waals surface area contributed by atoms with Crippen molar-refractivity contribution in [3.63, 3.8) is 0 Å². The highest BCUT2D eigenvalue weighted by Gasteiger charge is 2.14. The van der Waals surface area contributed by atoms with Crippen molar-refractivity contribution in [1.29, 1.82) is 5.26 Å². The number of nitrogens with one attached hydrogen (secondary N) is 1. The van der Waals surface area contributed by atoms with E-state index in [4.69, 9.17) is 10.00 Å². The number of hydrogen-bond acceptors (Lipinski definition) is 4. The predicted molar refractivity (Wildman–Crippen MR) is 61.2 cm³/mol. The summed E-state index contributed by atoms with van der Waals surface area (Å²) in [4.78, 5) is 4.36. The summed E-state index contributed by atoms with van der Waals surface area (Å²) in [5.74, 6) is 0.770. The highest BCUT2D eigenvalue weighted by Crippen LogP contribution is 2.14. The molecule has 0 bridgehead atoms. The molecule has 2 heterocycles. The van der Waals surface area contributed by atoms with Crippen molar-refractivity contribution in [3.05, 3.63) is 23.4 Å². The summed E-state index contributed by atoms with van der Waals surface area (Å²) in [6.45, 7) is 3.46. The molecular weight excluding hydrogens is 202 g/mol. The monoisotopic (exact) mass is 217 g/mol. The second-order valence-electron chi connectivity index (χ2n) is 4.05. The summed E-state index contributed by atoms with van der Waals surface area (Å²) in [5, 5.41) is 12.2. The van der Waals surface area contributed by atoms with Gasteiger partial charge in [0, 0.05) is 12.3 Å². The molecule has 4 heteroatoms. The third-order valence-electron chi connectivity index (χ3n) is 2.59. The number of hydrogen-bond donors (Lipinski definition) is 1. The Hall–Kier alpha value is -1.60. The molecule has 1 unspecified atom stereocenters. The number of nitrogens with zero attached hydrogens (tertiary/aromatic N) is 2. The van der Waals surface area contributed by atoms with Gasteiger partial charge in [0.1, 0.15) is 5.82 Å². The van der Waals surface area contributed by atoms with Gasteiger partial charge in [0.15, 0.2) is 0 Å². The molecule has 1 aliphatic rings. The van der Waals surface area contributed by atoms with Crippen LogP contribution in [0.4, 0.5) is 5.82 Å². The summed E-state index contributed by atoms with van der Waals surface area (Å²) >= 11 is 0. The van der Waals surface area contributed by atoms with Gasteiger partial charge in [0.25, 0.3) is 0 Å². The van der Waals surface area contributed by atoms with Gasteiger partial charge in [-0.25, -0.2) is 4.98 Å². The maximum Gasteiger partial charge on any atom is 0.127 e. The molecule has 1 aliphatic heterocycles. The lowest BCUT2D eigenvalue weighted by molar-refractivity contribution is 0.0875. The van der Waals surface area contributed by atoms with Crippen LogP contribution in [0.2, 0.25) is 0 Å². The number of aromatic nitrogens is 1. The highest BCUT2D eigenvalue weighted by atomic mass is 16.5. The van der Waals surface area contributed by atoms with E-state index in [1.807, 2.05) is 6.92 Å². The Morgan fingerprint density at radius 2 is 2.44 bits per heavy atom. The quantitative estimate of drug-likeness (QED) is 0.821. The van der Waals surface area contributed by atoms with Crippen molar-refractivity contribution in [2.45, 2.75) is 25.8 Å². The first-order chi connectivity index (χ1) is 7.78. The molecule has 2 rings (SSSR count). The minimum atomic E-state index is 0.314. The lowest BCUT2D eigenvalue weighted by atomic mass is 10.1. The van der Waals surface area contributed by atoms with Crippen molar-refractivity contribution in [3.8, 4) is 6.07 Å². The van der Waals surface area contributed by atoms with Crippen molar-refractivity contribution < 1.29 is 4.74 Å². The summed E-state index contributed by atoms with van der Waals surface area (Å²) in [6, 6.07) is 6.01. The molecule has 1 aromatic rings. The lowest BCUT2D eigenvalue weighted by Crippen LogP contribution is -2.30. The maximum atomic E-state index is 8.86. The fourth-order valence-electron chi connectivity index (χ4n) is 1.87. The van der Waals surface area contributed by atoms with Crippen LogP contribution in [0.3, 0.4) is 0 Å². The number of rotatable bonds is 2. The number of aryl methyl sites for hydroxylation is 1. The molecule has 1 saturated heterocycles. The zero-order valence-corrected chi connectivity index (χ0v) is 9.36. The van der Waals surface area contributed by atoms with Crippen LogP contribution in [-0.4, -0.2) is 24.2 Å². The molecular formula is C12H15N3O. The van der Waals surface area contributed by atoms with Crippen molar-refractivity contribution in [2.24, 2.45) is 0 Å². The van der Waals surface area contributed by atoms with Crippen LogP contribution in [0.1, 0.15) is 24.1 Å². The summed E-state index contributed by atoms with van der Waals surface area (Å²) in [7, 11) is 0. The Morgan fingerprint density at radius 1 is 1.56 bits per heavy atom. The Balaban J connectivity index is 2.08. The Bertz CT molecular complexity index is 405. The first kappa shape index (κ1) is 10.9. The average Bonchev–Trinajstić information content (AvgIpc) is 2.29. The van der Waals surface area contributed by atoms with E-state index in [-0.39, 0.29) is 0 Å². The van der Waals surface area contributed by atoms with E-state index in [9.17, 15) is 0 Å². The van der Waals surface area contributed by atoms with E-state index in [1.54, 1.807) is 12.1 Å². The van der Waals surface area contributed by atoms with E-state index >= 15 is 0 Å². The van der Waals surface area contributed by atoms with Gasteiger partial charge in [-0.2, -0.15) is 5.26 Å². The van der Waals surface area contributed by atoms with Crippen LogP contribution in [0.15, 0.2) is 12.1 Å². The van der Waals surface area contributed by atoms with E-state index < -0.39 is 0 Å². The van der Waals surface area contributed by atoms with Crippen LogP contribution in [0.5, 0.6) is 0 Å². The zero-order chi connectivity index (χ0) is 11.4. The molecule has 1 aromatic heterocycles. The Morgan fingerprint density at radius 3 is 3.12 bits per heavy atom. The molecule has 0 aromatic carbocycles. The first-order valence-corrected chi connectivity index (χ1v) is 5.51. The Kier molecular flexibility index (Phi) is 3.37. The predicted octanol–water partition coefficient (Wildman–Crippen LogP) is 1.85. The van der Waals surface area contributed by atoms with Crippen LogP contribution in [-0.2, 0) is 4.74 Å². The van der Waals surface area contributed by atoms with Gasteiger partial charge in [-0.3, -0.25) is 0 Å². The SMILES string of the molecule is Cc1cc(C#N)cc(NC2CCCOC2)n1. The molecule has 84 valence electrons. The number of ether oxygens (including phenoxy) is 1. The van der Waals surface area contributed by atoms with Crippen molar-refractivity contribution in [2.75, 3.05) is 18.5 Å². The molecule has 16 heavy (non-hydrogen) atoms. The summed E-state index contributed by atoms with van der Waals surface area (Å²) < 4.78 is 5.39. The van der Waals surface area contributed by atoms with Gasteiger partial charge in [0.2, 0.25) is 0 Å². The Labute approximate surface area is 95.3 Å². The molecule has 1 fully saturated rings. The van der Waals surface area contributed by atoms with Gasteiger partial charge in [-0.05, 0) is 31.9 Å². The minimum Gasteiger partial charge on any atom is -0.379 e. The first-order valence-electron chi connectivity index (χ1n) is 5.51. The molecule has 0 saturated carbocycles. The van der Waals surface area contributed by atoms with Gasteiger partial charge in [-0.15, -0.1) is 0 Å². The molecule has 0 radical (unpaired) electrons. The zero-order valence-electron chi connectivity index (χ0n) is 9.36. The smallest absolute Gasteiger partial charge is 0.127 e. The van der Waals surface area contributed by atoms with Crippen molar-refractivity contribution >= 4 is 5.82 Å². The second kappa shape index (κ2) is 4.95. The summed E-state index contributed by atoms with van der Waals surface area (Å²) in [5.41, 5.74) is 1.50. The number of pyridine rings is 1. The molecule has 0 spiro atoms. The maximum absolute atomic E-state index is 8.86. The van der Waals surface area contributed by atoms with Crippen molar-refractivity contribution in [1.82, 2.24) is 4.98 Å². The van der Waals surface area contributed by atoms with Crippen LogP contribution >= 0.6 is 0 Å². The number of anilines is 1. The fourth-order valence-corrected chi connectivity index (χ4v) is 1.87. The standard InChI is InChI=1S/C12H15N3O/c1-9-5-10(7-13)6-12(14-9)15-11-3-2-4-16-8-11/h5-6,11H,2-4,8H2,1H3,(H,14,15). The molecule has 4 nitrogen and oxygen atoms in total. The molecule has 1 N–H and O–H groups in total. The van der Waals surface area contributed by atoms with Crippen LogP contribution in [0.25, 0.3) is 0 Å². The van der Waals surface area contributed by atoms with E-state index in [2.05, 4.69) is 16.4 Å². The van der Waals surface area contributed by atoms with Gasteiger partial charge >= 0.3 is 0 Å². The third kappa shape index (κ3) is 2.71.